The number of nitrogens with zero attached hydrogens (tertiary/aromatic N) is 1. The first-order chi connectivity index (χ1) is 9.97. The number of thioether (sulfide) groups is 1. The number of thiophene rings is 1. The number of hydrogen-bond acceptors (Lipinski definition) is 4. The lowest BCUT2D eigenvalue weighted by atomic mass is 10.3. The Bertz CT molecular complexity index is 538. The van der Waals surface area contributed by atoms with E-state index < -0.39 is 11.7 Å². The minimum Gasteiger partial charge on any atom is -0.309 e. The maximum Gasteiger partial charge on any atom is 0.417 e. The highest BCUT2D eigenvalue weighted by Crippen LogP contribution is 2.29. The number of alkyl halides is 3. The van der Waals surface area contributed by atoms with Gasteiger partial charge in [0.1, 0.15) is 0 Å². The van der Waals surface area contributed by atoms with E-state index in [9.17, 15) is 13.2 Å². The maximum atomic E-state index is 12.4. The molecular weight excluding hydrogens is 317 g/mol. The summed E-state index contributed by atoms with van der Waals surface area (Å²) in [6.45, 7) is 2.86. The molecule has 0 fully saturated rings. The highest BCUT2D eigenvalue weighted by molar-refractivity contribution is 7.99. The smallest absolute Gasteiger partial charge is 0.309 e. The molecule has 0 saturated heterocycles. The molecule has 7 heteroatoms. The molecule has 0 radical (unpaired) electrons. The molecule has 0 aliphatic heterocycles. The zero-order chi connectivity index (χ0) is 15.3. The lowest BCUT2D eigenvalue weighted by molar-refractivity contribution is -0.137. The van der Waals surface area contributed by atoms with E-state index >= 15 is 0 Å². The summed E-state index contributed by atoms with van der Waals surface area (Å²) >= 11 is 3.14. The standard InChI is InChI=1S/C14H15F3N2S2/c1-10(12-3-2-7-20-12)18-6-8-21-13-5-4-11(9-19-13)14(15,16)17/h2-5,7,9-10,18H,6,8H2,1H3. The summed E-state index contributed by atoms with van der Waals surface area (Å²) in [5, 5.41) is 6.01. The van der Waals surface area contributed by atoms with Crippen molar-refractivity contribution in [2.24, 2.45) is 0 Å². The molecule has 2 aromatic rings. The van der Waals surface area contributed by atoms with Gasteiger partial charge in [0.2, 0.25) is 0 Å². The largest absolute Gasteiger partial charge is 0.417 e. The van der Waals surface area contributed by atoms with Crippen molar-refractivity contribution in [3.8, 4) is 0 Å². The number of aromatic nitrogens is 1. The Morgan fingerprint density at radius 3 is 2.71 bits per heavy atom. The lowest BCUT2D eigenvalue weighted by Crippen LogP contribution is -2.20. The van der Waals surface area contributed by atoms with Gasteiger partial charge in [-0.25, -0.2) is 4.98 Å². The second-order valence-corrected chi connectivity index (χ2v) is 6.52. The van der Waals surface area contributed by atoms with E-state index in [1.54, 1.807) is 11.3 Å². The van der Waals surface area contributed by atoms with Gasteiger partial charge in [-0.3, -0.25) is 0 Å². The zero-order valence-electron chi connectivity index (χ0n) is 11.4. The lowest BCUT2D eigenvalue weighted by Gasteiger charge is -2.11. The van der Waals surface area contributed by atoms with Crippen molar-refractivity contribution in [3.63, 3.8) is 0 Å². The van der Waals surface area contributed by atoms with E-state index in [1.807, 2.05) is 11.4 Å². The second kappa shape index (κ2) is 7.29. The summed E-state index contributed by atoms with van der Waals surface area (Å²) in [6.07, 6.45) is -3.45. The van der Waals surface area contributed by atoms with Crippen molar-refractivity contribution in [2.75, 3.05) is 12.3 Å². The first-order valence-corrected chi connectivity index (χ1v) is 8.26. The molecule has 0 aliphatic carbocycles. The molecule has 21 heavy (non-hydrogen) atoms. The van der Waals surface area contributed by atoms with Crippen LogP contribution < -0.4 is 5.32 Å². The summed E-state index contributed by atoms with van der Waals surface area (Å²) in [5.41, 5.74) is -0.712. The molecule has 0 bridgehead atoms. The quantitative estimate of drug-likeness (QED) is 0.618. The summed E-state index contributed by atoms with van der Waals surface area (Å²) in [7, 11) is 0. The molecule has 0 aromatic carbocycles. The first-order valence-electron chi connectivity index (χ1n) is 6.39. The predicted molar refractivity (Wildman–Crippen MR) is 80.7 cm³/mol. The Morgan fingerprint density at radius 2 is 2.14 bits per heavy atom. The van der Waals surface area contributed by atoms with Crippen LogP contribution in [-0.4, -0.2) is 17.3 Å². The number of nitrogens with one attached hydrogen (secondary N) is 1. The fraction of sp³-hybridized carbons (Fsp3) is 0.357. The van der Waals surface area contributed by atoms with Crippen LogP contribution in [0.15, 0.2) is 40.9 Å². The van der Waals surface area contributed by atoms with Gasteiger partial charge in [-0.05, 0) is 30.5 Å². The Labute approximate surface area is 129 Å². The summed E-state index contributed by atoms with van der Waals surface area (Å²) in [6, 6.07) is 6.85. The van der Waals surface area contributed by atoms with E-state index in [-0.39, 0.29) is 6.04 Å². The minimum atomic E-state index is -4.33. The molecule has 2 nitrogen and oxygen atoms in total. The van der Waals surface area contributed by atoms with Gasteiger partial charge in [-0.1, -0.05) is 6.07 Å². The van der Waals surface area contributed by atoms with Crippen LogP contribution >= 0.6 is 23.1 Å². The second-order valence-electron chi connectivity index (χ2n) is 4.42. The number of halogens is 3. The molecular formula is C14H15F3N2S2. The van der Waals surface area contributed by atoms with Gasteiger partial charge in [0, 0.05) is 29.4 Å². The molecule has 0 amide bonds. The molecule has 1 N–H and O–H groups in total. The molecule has 2 heterocycles. The van der Waals surface area contributed by atoms with Crippen molar-refractivity contribution >= 4 is 23.1 Å². The average Bonchev–Trinajstić information content (AvgIpc) is 2.97. The molecule has 0 saturated carbocycles. The van der Waals surface area contributed by atoms with Crippen molar-refractivity contribution in [3.05, 3.63) is 46.3 Å². The van der Waals surface area contributed by atoms with E-state index in [2.05, 4.69) is 23.3 Å². The van der Waals surface area contributed by atoms with Gasteiger partial charge in [-0.15, -0.1) is 23.1 Å². The van der Waals surface area contributed by atoms with Gasteiger partial charge in [0.15, 0.2) is 0 Å². The van der Waals surface area contributed by atoms with Crippen LogP contribution in [0.5, 0.6) is 0 Å². The molecule has 1 unspecified atom stereocenters. The normalized spacial score (nSPS) is 13.3. The Hall–Kier alpha value is -1.05. The average molecular weight is 332 g/mol. The SMILES string of the molecule is CC(NCCSc1ccc(C(F)(F)F)cn1)c1cccs1. The highest BCUT2D eigenvalue weighted by atomic mass is 32.2. The van der Waals surface area contributed by atoms with Crippen LogP contribution in [0, 0.1) is 0 Å². The van der Waals surface area contributed by atoms with E-state index in [1.165, 1.54) is 22.7 Å². The molecule has 114 valence electrons. The molecule has 2 aromatic heterocycles. The van der Waals surface area contributed by atoms with Gasteiger partial charge < -0.3 is 5.32 Å². The Morgan fingerprint density at radius 1 is 1.33 bits per heavy atom. The highest BCUT2D eigenvalue weighted by Gasteiger charge is 2.30. The van der Waals surface area contributed by atoms with Gasteiger partial charge in [0.05, 0.1) is 10.6 Å². The van der Waals surface area contributed by atoms with Crippen LogP contribution in [0.3, 0.4) is 0 Å². The van der Waals surface area contributed by atoms with Crippen LogP contribution in [0.4, 0.5) is 13.2 Å². The van der Waals surface area contributed by atoms with Gasteiger partial charge in [-0.2, -0.15) is 13.2 Å². The van der Waals surface area contributed by atoms with Crippen LogP contribution in [0.1, 0.15) is 23.4 Å². The topological polar surface area (TPSA) is 24.9 Å². The number of rotatable bonds is 6. The summed E-state index contributed by atoms with van der Waals surface area (Å²) in [4.78, 5) is 5.10. The predicted octanol–water partition coefficient (Wildman–Crippen LogP) is 4.60. The molecule has 0 spiro atoms. The Kier molecular flexibility index (Phi) is 5.66. The van der Waals surface area contributed by atoms with Gasteiger partial charge in [0.25, 0.3) is 0 Å². The number of pyridine rings is 1. The monoisotopic (exact) mass is 332 g/mol. The zero-order valence-corrected chi connectivity index (χ0v) is 13.0. The molecule has 1 atom stereocenters. The van der Waals surface area contributed by atoms with E-state index in [4.69, 9.17) is 0 Å². The molecule has 2 rings (SSSR count). The van der Waals surface area contributed by atoms with Crippen LogP contribution in [0.25, 0.3) is 0 Å². The first kappa shape index (κ1) is 16.3. The number of hydrogen-bond donors (Lipinski definition) is 1. The van der Waals surface area contributed by atoms with Gasteiger partial charge >= 0.3 is 6.18 Å². The van der Waals surface area contributed by atoms with E-state index in [0.29, 0.717) is 5.03 Å². The summed E-state index contributed by atoms with van der Waals surface area (Å²) in [5.74, 6) is 0.758. The van der Waals surface area contributed by atoms with Crippen molar-refractivity contribution in [2.45, 2.75) is 24.2 Å². The van der Waals surface area contributed by atoms with Crippen molar-refractivity contribution in [1.29, 1.82) is 0 Å². The van der Waals surface area contributed by atoms with Crippen LogP contribution in [-0.2, 0) is 6.18 Å². The van der Waals surface area contributed by atoms with Crippen molar-refractivity contribution < 1.29 is 13.2 Å². The van der Waals surface area contributed by atoms with E-state index in [0.717, 1.165) is 24.6 Å². The summed E-state index contributed by atoms with van der Waals surface area (Å²) < 4.78 is 37.2. The van der Waals surface area contributed by atoms with Crippen molar-refractivity contribution in [1.82, 2.24) is 10.3 Å². The Balaban J connectivity index is 1.74. The third kappa shape index (κ3) is 5.01. The maximum absolute atomic E-state index is 12.4. The third-order valence-electron chi connectivity index (χ3n) is 2.84. The minimum absolute atomic E-state index is 0.283. The third-order valence-corrected chi connectivity index (χ3v) is 4.84. The molecule has 0 aliphatic rings. The van der Waals surface area contributed by atoms with Crippen LogP contribution in [0.2, 0.25) is 0 Å². The fourth-order valence-electron chi connectivity index (χ4n) is 1.70. The fourth-order valence-corrected chi connectivity index (χ4v) is 3.18.